The lowest BCUT2D eigenvalue weighted by Crippen LogP contribution is -2.39. The molecule has 1 aromatic heterocycles. The van der Waals surface area contributed by atoms with Gasteiger partial charge in [0, 0.05) is 24.7 Å². The van der Waals surface area contributed by atoms with Gasteiger partial charge in [0.15, 0.2) is 0 Å². The monoisotopic (exact) mass is 230 g/mol. The Balaban J connectivity index is 2.43. The lowest BCUT2D eigenvalue weighted by Gasteiger charge is -2.11. The van der Waals surface area contributed by atoms with Gasteiger partial charge in [0.1, 0.15) is 6.04 Å². The molecule has 0 radical (unpaired) electrons. The van der Waals surface area contributed by atoms with E-state index in [2.05, 4.69) is 10.3 Å². The highest BCUT2D eigenvalue weighted by molar-refractivity contribution is 7.11. The van der Waals surface area contributed by atoms with E-state index in [0.717, 1.165) is 9.88 Å². The van der Waals surface area contributed by atoms with E-state index in [1.165, 1.54) is 7.11 Å². The topological polar surface area (TPSA) is 71.5 Å². The summed E-state index contributed by atoms with van der Waals surface area (Å²) in [5, 5.41) is 12.7. The third-order valence-corrected chi connectivity index (χ3v) is 2.74. The Bertz CT molecular complexity index is 327. The molecule has 0 aliphatic carbocycles. The summed E-state index contributed by atoms with van der Waals surface area (Å²) in [5.74, 6) is -0.905. The molecule has 84 valence electrons. The molecule has 0 bridgehead atoms. The summed E-state index contributed by atoms with van der Waals surface area (Å²) in [7, 11) is 1.48. The van der Waals surface area contributed by atoms with Crippen LogP contribution in [0.3, 0.4) is 0 Å². The molecule has 0 spiro atoms. The van der Waals surface area contributed by atoms with Crippen LogP contribution < -0.4 is 5.32 Å². The van der Waals surface area contributed by atoms with E-state index in [9.17, 15) is 4.79 Å². The van der Waals surface area contributed by atoms with Crippen molar-refractivity contribution < 1.29 is 14.6 Å². The molecule has 1 heterocycles. The summed E-state index contributed by atoms with van der Waals surface area (Å²) < 4.78 is 4.80. The predicted molar refractivity (Wildman–Crippen MR) is 57.0 cm³/mol. The van der Waals surface area contributed by atoms with Crippen LogP contribution in [0.15, 0.2) is 6.20 Å². The first kappa shape index (κ1) is 12.1. The van der Waals surface area contributed by atoms with Gasteiger partial charge in [0.2, 0.25) is 0 Å². The van der Waals surface area contributed by atoms with E-state index in [4.69, 9.17) is 9.84 Å². The number of aryl methyl sites for hydroxylation is 1. The van der Waals surface area contributed by atoms with Crippen LogP contribution in [0.25, 0.3) is 0 Å². The van der Waals surface area contributed by atoms with Crippen LogP contribution in [-0.2, 0) is 16.1 Å². The van der Waals surface area contributed by atoms with E-state index >= 15 is 0 Å². The lowest BCUT2D eigenvalue weighted by molar-refractivity contribution is -0.140. The number of methoxy groups -OCH3 is 1. The van der Waals surface area contributed by atoms with Crippen molar-refractivity contribution >= 4 is 17.3 Å². The molecular formula is C9H14N2O3S. The molecule has 6 heteroatoms. The number of carboxylic acids is 1. The van der Waals surface area contributed by atoms with Crippen molar-refractivity contribution in [1.82, 2.24) is 10.3 Å². The number of ether oxygens (including phenoxy) is 1. The molecule has 0 aromatic carbocycles. The van der Waals surface area contributed by atoms with E-state index in [1.54, 1.807) is 17.5 Å². The maximum absolute atomic E-state index is 10.8. The highest BCUT2D eigenvalue weighted by atomic mass is 32.1. The van der Waals surface area contributed by atoms with Gasteiger partial charge < -0.3 is 9.84 Å². The average molecular weight is 230 g/mol. The summed E-state index contributed by atoms with van der Waals surface area (Å²) in [4.78, 5) is 15.9. The molecule has 0 amide bonds. The van der Waals surface area contributed by atoms with Crippen LogP contribution in [0, 0.1) is 6.92 Å². The predicted octanol–water partition coefficient (Wildman–Crippen LogP) is 0.641. The van der Waals surface area contributed by atoms with Crippen molar-refractivity contribution in [3.8, 4) is 0 Å². The molecule has 0 aliphatic rings. The van der Waals surface area contributed by atoms with Crippen LogP contribution in [0.2, 0.25) is 0 Å². The minimum absolute atomic E-state index is 0.160. The Kier molecular flexibility index (Phi) is 4.67. The van der Waals surface area contributed by atoms with Crippen molar-refractivity contribution in [2.24, 2.45) is 0 Å². The number of thiazole rings is 1. The summed E-state index contributed by atoms with van der Waals surface area (Å²) in [5.41, 5.74) is 0. The number of nitrogens with zero attached hydrogens (tertiary/aromatic N) is 1. The fourth-order valence-corrected chi connectivity index (χ4v) is 1.84. The van der Waals surface area contributed by atoms with Crippen LogP contribution in [0.1, 0.15) is 9.88 Å². The lowest BCUT2D eigenvalue weighted by atomic mass is 10.3. The van der Waals surface area contributed by atoms with Crippen molar-refractivity contribution in [3.05, 3.63) is 16.1 Å². The first-order valence-electron chi connectivity index (χ1n) is 4.50. The average Bonchev–Trinajstić information content (AvgIpc) is 2.58. The first-order valence-corrected chi connectivity index (χ1v) is 5.31. The molecular weight excluding hydrogens is 216 g/mol. The Morgan fingerprint density at radius 1 is 1.80 bits per heavy atom. The molecule has 5 nitrogen and oxygen atoms in total. The highest BCUT2D eigenvalue weighted by Gasteiger charge is 2.16. The number of hydrogen-bond acceptors (Lipinski definition) is 5. The second-order valence-corrected chi connectivity index (χ2v) is 4.39. The molecule has 1 rings (SSSR count). The largest absolute Gasteiger partial charge is 0.480 e. The van der Waals surface area contributed by atoms with Gasteiger partial charge in [-0.15, -0.1) is 11.3 Å². The van der Waals surface area contributed by atoms with Crippen molar-refractivity contribution in [3.63, 3.8) is 0 Å². The molecule has 0 saturated carbocycles. The minimum Gasteiger partial charge on any atom is -0.480 e. The molecule has 0 aliphatic heterocycles. The Morgan fingerprint density at radius 3 is 3.00 bits per heavy atom. The van der Waals surface area contributed by atoms with Crippen LogP contribution >= 0.6 is 11.3 Å². The van der Waals surface area contributed by atoms with Crippen molar-refractivity contribution in [1.29, 1.82) is 0 Å². The SMILES string of the molecule is COCC(NCc1cnc(C)s1)C(=O)O. The number of carbonyl (C=O) groups is 1. The van der Waals surface area contributed by atoms with Crippen molar-refractivity contribution in [2.45, 2.75) is 19.5 Å². The van der Waals surface area contributed by atoms with Gasteiger partial charge in [-0.3, -0.25) is 10.1 Å². The maximum Gasteiger partial charge on any atom is 0.323 e. The van der Waals surface area contributed by atoms with Gasteiger partial charge in [0.25, 0.3) is 0 Å². The number of rotatable bonds is 6. The standard InChI is InChI=1S/C9H14N2O3S/c1-6-10-3-7(15-6)4-11-8(5-14-2)9(12)13/h3,8,11H,4-5H2,1-2H3,(H,12,13). The number of carboxylic acid groups (broad SMARTS) is 1. The third-order valence-electron chi connectivity index (χ3n) is 1.82. The van der Waals surface area contributed by atoms with Crippen LogP contribution in [-0.4, -0.2) is 35.8 Å². The smallest absolute Gasteiger partial charge is 0.323 e. The molecule has 0 fully saturated rings. The normalized spacial score (nSPS) is 12.7. The van der Waals surface area contributed by atoms with Gasteiger partial charge in [0.05, 0.1) is 11.6 Å². The second kappa shape index (κ2) is 5.79. The molecule has 1 unspecified atom stereocenters. The van der Waals surface area contributed by atoms with Gasteiger partial charge in [-0.05, 0) is 6.92 Å². The summed E-state index contributed by atoms with van der Waals surface area (Å²) in [6.45, 7) is 2.58. The summed E-state index contributed by atoms with van der Waals surface area (Å²) in [6, 6.07) is -0.669. The highest BCUT2D eigenvalue weighted by Crippen LogP contribution is 2.10. The zero-order chi connectivity index (χ0) is 11.3. The van der Waals surface area contributed by atoms with E-state index in [0.29, 0.717) is 6.54 Å². The summed E-state index contributed by atoms with van der Waals surface area (Å²) in [6.07, 6.45) is 1.75. The van der Waals surface area contributed by atoms with Gasteiger partial charge in [-0.2, -0.15) is 0 Å². The quantitative estimate of drug-likeness (QED) is 0.750. The molecule has 2 N–H and O–H groups in total. The fraction of sp³-hybridized carbons (Fsp3) is 0.556. The van der Waals surface area contributed by atoms with Gasteiger partial charge in [-0.1, -0.05) is 0 Å². The number of nitrogens with one attached hydrogen (secondary N) is 1. The van der Waals surface area contributed by atoms with E-state index < -0.39 is 12.0 Å². The van der Waals surface area contributed by atoms with E-state index in [1.807, 2.05) is 6.92 Å². The van der Waals surface area contributed by atoms with Crippen molar-refractivity contribution in [2.75, 3.05) is 13.7 Å². The Labute approximate surface area is 92.1 Å². The Hall–Kier alpha value is -0.980. The summed E-state index contributed by atoms with van der Waals surface area (Å²) >= 11 is 1.55. The van der Waals surface area contributed by atoms with Crippen LogP contribution in [0.5, 0.6) is 0 Å². The minimum atomic E-state index is -0.905. The number of aliphatic carboxylic acids is 1. The number of aromatic nitrogens is 1. The molecule has 15 heavy (non-hydrogen) atoms. The zero-order valence-corrected chi connectivity index (χ0v) is 9.50. The first-order chi connectivity index (χ1) is 7.13. The molecule has 0 saturated heterocycles. The molecule has 1 aromatic rings. The fourth-order valence-electron chi connectivity index (χ4n) is 1.10. The Morgan fingerprint density at radius 2 is 2.53 bits per heavy atom. The maximum atomic E-state index is 10.8. The van der Waals surface area contributed by atoms with Crippen LogP contribution in [0.4, 0.5) is 0 Å². The van der Waals surface area contributed by atoms with Gasteiger partial charge in [-0.25, -0.2) is 4.98 Å². The van der Waals surface area contributed by atoms with E-state index in [-0.39, 0.29) is 6.61 Å². The zero-order valence-electron chi connectivity index (χ0n) is 8.69. The molecule has 1 atom stereocenters. The second-order valence-electron chi connectivity index (χ2n) is 3.07. The number of hydrogen-bond donors (Lipinski definition) is 2. The third kappa shape index (κ3) is 3.94. The van der Waals surface area contributed by atoms with Gasteiger partial charge >= 0.3 is 5.97 Å².